The summed E-state index contributed by atoms with van der Waals surface area (Å²) in [4.78, 5) is 32.0. The standard InChI is InChI=1S/C21H13F2N3O4S/c22-12-5-6-14(23)13(9-12)16-11-31-21(25-16)26-18(27)10-29-20(28)8-7-19-24-15-3-1-2-4-17(15)30-19/h1-9,11H,10H2,(H,25,26,27)/b8-7+. The third-order valence-corrected chi connectivity index (χ3v) is 4.73. The number of aromatic nitrogens is 2. The molecule has 4 rings (SSSR count). The van der Waals surface area contributed by atoms with Crippen molar-refractivity contribution in [2.75, 3.05) is 11.9 Å². The number of rotatable bonds is 6. The van der Waals surface area contributed by atoms with E-state index in [1.165, 1.54) is 11.5 Å². The van der Waals surface area contributed by atoms with Crippen LogP contribution in [-0.4, -0.2) is 28.5 Å². The normalized spacial score (nSPS) is 11.2. The van der Waals surface area contributed by atoms with E-state index in [4.69, 9.17) is 9.15 Å². The molecule has 0 bridgehead atoms. The van der Waals surface area contributed by atoms with Crippen molar-refractivity contribution < 1.29 is 27.5 Å². The maximum Gasteiger partial charge on any atom is 0.331 e. The van der Waals surface area contributed by atoms with E-state index < -0.39 is 30.1 Å². The van der Waals surface area contributed by atoms with Gasteiger partial charge in [0.15, 0.2) is 17.3 Å². The smallest absolute Gasteiger partial charge is 0.331 e. The molecule has 0 atom stereocenters. The minimum absolute atomic E-state index is 0.0208. The molecule has 0 fully saturated rings. The average molecular weight is 441 g/mol. The zero-order valence-corrected chi connectivity index (χ0v) is 16.5. The van der Waals surface area contributed by atoms with Crippen LogP contribution in [0, 0.1) is 11.6 Å². The van der Waals surface area contributed by atoms with Gasteiger partial charge < -0.3 is 9.15 Å². The Bertz CT molecular complexity index is 1270. The molecule has 156 valence electrons. The van der Waals surface area contributed by atoms with Crippen molar-refractivity contribution in [2.45, 2.75) is 0 Å². The number of halogens is 2. The van der Waals surface area contributed by atoms with Gasteiger partial charge in [-0.2, -0.15) is 0 Å². The van der Waals surface area contributed by atoms with E-state index in [1.807, 2.05) is 6.07 Å². The Kier molecular flexibility index (Phi) is 5.80. The number of carbonyl (C=O) groups excluding carboxylic acids is 2. The first kappa shape index (κ1) is 20.4. The molecule has 2 aromatic heterocycles. The lowest BCUT2D eigenvalue weighted by Gasteiger charge is -2.02. The Morgan fingerprint density at radius 2 is 2.00 bits per heavy atom. The Morgan fingerprint density at radius 3 is 2.84 bits per heavy atom. The fourth-order valence-electron chi connectivity index (χ4n) is 2.59. The third-order valence-electron chi connectivity index (χ3n) is 3.97. The number of nitrogens with zero attached hydrogens (tertiary/aromatic N) is 2. The number of para-hydroxylation sites is 2. The fourth-order valence-corrected chi connectivity index (χ4v) is 3.32. The summed E-state index contributed by atoms with van der Waals surface area (Å²) in [5.74, 6) is -2.41. The van der Waals surface area contributed by atoms with Crippen molar-refractivity contribution in [3.05, 3.63) is 71.4 Å². The van der Waals surface area contributed by atoms with Crippen LogP contribution in [0.3, 0.4) is 0 Å². The first-order valence-electron chi connectivity index (χ1n) is 8.89. The molecule has 0 radical (unpaired) electrons. The lowest BCUT2D eigenvalue weighted by molar-refractivity contribution is -0.142. The molecule has 1 amide bonds. The monoisotopic (exact) mass is 441 g/mol. The van der Waals surface area contributed by atoms with Gasteiger partial charge in [-0.25, -0.2) is 23.5 Å². The van der Waals surface area contributed by atoms with Gasteiger partial charge in [-0.1, -0.05) is 12.1 Å². The number of amides is 1. The van der Waals surface area contributed by atoms with E-state index in [-0.39, 0.29) is 22.3 Å². The summed E-state index contributed by atoms with van der Waals surface area (Å²) in [6.07, 6.45) is 2.42. The largest absolute Gasteiger partial charge is 0.452 e. The van der Waals surface area contributed by atoms with E-state index in [9.17, 15) is 18.4 Å². The summed E-state index contributed by atoms with van der Waals surface area (Å²) < 4.78 is 37.4. The molecule has 0 unspecified atom stereocenters. The van der Waals surface area contributed by atoms with Gasteiger partial charge in [-0.3, -0.25) is 10.1 Å². The van der Waals surface area contributed by atoms with Gasteiger partial charge in [0.25, 0.3) is 5.91 Å². The number of benzene rings is 2. The Hall–Kier alpha value is -3.92. The molecule has 0 aliphatic carbocycles. The summed E-state index contributed by atoms with van der Waals surface area (Å²) in [5.41, 5.74) is 1.38. The second-order valence-electron chi connectivity index (χ2n) is 6.17. The van der Waals surface area contributed by atoms with Crippen LogP contribution in [0.1, 0.15) is 5.89 Å². The van der Waals surface area contributed by atoms with Crippen molar-refractivity contribution in [1.82, 2.24) is 9.97 Å². The van der Waals surface area contributed by atoms with Crippen LogP contribution in [0.2, 0.25) is 0 Å². The molecule has 7 nitrogen and oxygen atoms in total. The molecule has 0 saturated heterocycles. The van der Waals surface area contributed by atoms with E-state index in [0.29, 0.717) is 11.1 Å². The number of oxazole rings is 1. The fraction of sp³-hybridized carbons (Fsp3) is 0.0476. The Balaban J connectivity index is 1.30. The highest BCUT2D eigenvalue weighted by atomic mass is 32.1. The molecule has 0 aliphatic rings. The van der Waals surface area contributed by atoms with Gasteiger partial charge in [0.2, 0.25) is 5.89 Å². The van der Waals surface area contributed by atoms with Gasteiger partial charge in [0.1, 0.15) is 17.2 Å². The van der Waals surface area contributed by atoms with E-state index >= 15 is 0 Å². The van der Waals surface area contributed by atoms with Crippen molar-refractivity contribution in [3.8, 4) is 11.3 Å². The maximum absolute atomic E-state index is 13.8. The lowest BCUT2D eigenvalue weighted by atomic mass is 10.1. The number of esters is 1. The topological polar surface area (TPSA) is 94.3 Å². The van der Waals surface area contributed by atoms with Crippen LogP contribution < -0.4 is 5.32 Å². The highest BCUT2D eigenvalue weighted by molar-refractivity contribution is 7.14. The average Bonchev–Trinajstić information content (AvgIpc) is 3.39. The zero-order chi connectivity index (χ0) is 21.8. The zero-order valence-electron chi connectivity index (χ0n) is 15.7. The molecule has 4 aromatic rings. The third kappa shape index (κ3) is 4.98. The molecule has 0 saturated carbocycles. The quantitative estimate of drug-likeness (QED) is 0.352. The second kappa shape index (κ2) is 8.84. The van der Waals surface area contributed by atoms with Gasteiger partial charge >= 0.3 is 5.97 Å². The van der Waals surface area contributed by atoms with Crippen molar-refractivity contribution in [2.24, 2.45) is 0 Å². The number of thiazole rings is 1. The summed E-state index contributed by atoms with van der Waals surface area (Å²) in [7, 11) is 0. The number of carbonyl (C=O) groups is 2. The summed E-state index contributed by atoms with van der Waals surface area (Å²) in [6.45, 7) is -0.556. The molecule has 0 spiro atoms. The van der Waals surface area contributed by atoms with Crippen LogP contribution in [0.25, 0.3) is 28.4 Å². The number of nitrogens with one attached hydrogen (secondary N) is 1. The lowest BCUT2D eigenvalue weighted by Crippen LogP contribution is -2.20. The molecule has 10 heteroatoms. The molecular formula is C21H13F2N3O4S. The van der Waals surface area contributed by atoms with E-state index in [1.54, 1.807) is 18.2 Å². The van der Waals surface area contributed by atoms with Gasteiger partial charge in [0, 0.05) is 23.1 Å². The van der Waals surface area contributed by atoms with Crippen LogP contribution >= 0.6 is 11.3 Å². The molecule has 1 N–H and O–H groups in total. The number of hydrogen-bond donors (Lipinski definition) is 1. The molecule has 2 aromatic carbocycles. The Labute approximate surface area is 178 Å². The molecular weight excluding hydrogens is 428 g/mol. The van der Waals surface area contributed by atoms with E-state index in [2.05, 4.69) is 15.3 Å². The first-order valence-corrected chi connectivity index (χ1v) is 9.77. The maximum atomic E-state index is 13.8. The Morgan fingerprint density at radius 1 is 1.16 bits per heavy atom. The predicted molar refractivity (Wildman–Crippen MR) is 110 cm³/mol. The summed E-state index contributed by atoms with van der Waals surface area (Å²) >= 11 is 1.02. The SMILES string of the molecule is O=C(COC(=O)/C=C/c1nc2ccccc2o1)Nc1nc(-c2cc(F)ccc2F)cs1. The van der Waals surface area contributed by atoms with Crippen LogP contribution in [0.5, 0.6) is 0 Å². The molecule has 0 aliphatic heterocycles. The number of ether oxygens (including phenoxy) is 1. The summed E-state index contributed by atoms with van der Waals surface area (Å²) in [5, 5.41) is 4.06. The van der Waals surface area contributed by atoms with Crippen LogP contribution in [0.15, 0.2) is 58.3 Å². The summed E-state index contributed by atoms with van der Waals surface area (Å²) in [6, 6.07) is 10.1. The highest BCUT2D eigenvalue weighted by Crippen LogP contribution is 2.27. The van der Waals surface area contributed by atoms with Gasteiger partial charge in [-0.05, 0) is 30.3 Å². The number of anilines is 1. The van der Waals surface area contributed by atoms with Crippen molar-refractivity contribution >= 4 is 45.5 Å². The number of fused-ring (bicyclic) bond motifs is 1. The van der Waals surface area contributed by atoms with Crippen molar-refractivity contribution in [1.29, 1.82) is 0 Å². The van der Waals surface area contributed by atoms with Crippen molar-refractivity contribution in [3.63, 3.8) is 0 Å². The minimum Gasteiger partial charge on any atom is -0.452 e. The first-order chi connectivity index (χ1) is 15.0. The van der Waals surface area contributed by atoms with E-state index in [0.717, 1.165) is 35.6 Å². The highest BCUT2D eigenvalue weighted by Gasteiger charge is 2.13. The van der Waals surface area contributed by atoms with Crippen LogP contribution in [-0.2, 0) is 14.3 Å². The van der Waals surface area contributed by atoms with Crippen LogP contribution in [0.4, 0.5) is 13.9 Å². The van der Waals surface area contributed by atoms with Gasteiger partial charge in [0.05, 0.1) is 5.69 Å². The molecule has 2 heterocycles. The minimum atomic E-state index is -0.765. The van der Waals surface area contributed by atoms with Gasteiger partial charge in [-0.15, -0.1) is 11.3 Å². The second-order valence-corrected chi connectivity index (χ2v) is 7.03. The molecule has 31 heavy (non-hydrogen) atoms. The predicted octanol–water partition coefficient (Wildman–Crippen LogP) is 4.42. The number of hydrogen-bond acceptors (Lipinski definition) is 7.